The van der Waals surface area contributed by atoms with Gasteiger partial charge >= 0.3 is 0 Å². The Morgan fingerprint density at radius 3 is 2.38 bits per heavy atom. The van der Waals surface area contributed by atoms with Crippen LogP contribution in [0.15, 0.2) is 0 Å². The van der Waals surface area contributed by atoms with Crippen LogP contribution < -0.4 is 5.32 Å². The van der Waals surface area contributed by atoms with Gasteiger partial charge in [-0.3, -0.25) is 0 Å². The molecule has 2 atom stereocenters. The molecule has 0 amide bonds. The first-order valence-corrected chi connectivity index (χ1v) is 4.98. The highest BCUT2D eigenvalue weighted by atomic mass is 16.5. The number of hydrogen-bond acceptors (Lipinski definition) is 3. The van der Waals surface area contributed by atoms with Gasteiger partial charge in [0.2, 0.25) is 0 Å². The Kier molecular flexibility index (Phi) is 8.40. The number of methoxy groups -OCH3 is 2. The van der Waals surface area contributed by atoms with E-state index in [1.807, 2.05) is 0 Å². The van der Waals surface area contributed by atoms with E-state index in [4.69, 9.17) is 9.47 Å². The molecule has 0 fully saturated rings. The average Bonchev–Trinajstić information content (AvgIpc) is 2.14. The van der Waals surface area contributed by atoms with E-state index in [2.05, 4.69) is 19.2 Å². The van der Waals surface area contributed by atoms with Crippen LogP contribution in [-0.4, -0.2) is 39.5 Å². The maximum absolute atomic E-state index is 5.11. The van der Waals surface area contributed by atoms with Gasteiger partial charge in [-0.1, -0.05) is 6.92 Å². The molecule has 80 valence electrons. The molecule has 0 aliphatic heterocycles. The van der Waals surface area contributed by atoms with Crippen molar-refractivity contribution in [3.8, 4) is 0 Å². The first-order chi connectivity index (χ1) is 6.24. The fourth-order valence-electron chi connectivity index (χ4n) is 1.27. The summed E-state index contributed by atoms with van der Waals surface area (Å²) < 4.78 is 10.1. The maximum Gasteiger partial charge on any atom is 0.0615 e. The van der Waals surface area contributed by atoms with Gasteiger partial charge in [-0.25, -0.2) is 0 Å². The highest BCUT2D eigenvalue weighted by Crippen LogP contribution is 1.97. The van der Waals surface area contributed by atoms with Crippen molar-refractivity contribution in [2.45, 2.75) is 38.8 Å². The van der Waals surface area contributed by atoms with E-state index < -0.39 is 0 Å². The third kappa shape index (κ3) is 6.99. The van der Waals surface area contributed by atoms with Crippen molar-refractivity contribution in [3.63, 3.8) is 0 Å². The van der Waals surface area contributed by atoms with Gasteiger partial charge in [-0.05, 0) is 19.8 Å². The Hall–Kier alpha value is -0.120. The summed E-state index contributed by atoms with van der Waals surface area (Å²) in [5, 5.41) is 3.50. The summed E-state index contributed by atoms with van der Waals surface area (Å²) in [4.78, 5) is 0. The summed E-state index contributed by atoms with van der Waals surface area (Å²) in [6, 6.07) is 0.969. The van der Waals surface area contributed by atoms with Gasteiger partial charge in [-0.2, -0.15) is 0 Å². The fourth-order valence-corrected chi connectivity index (χ4v) is 1.27. The molecule has 1 N–H and O–H groups in total. The number of hydrogen-bond donors (Lipinski definition) is 1. The Morgan fingerprint density at radius 2 is 1.92 bits per heavy atom. The second-order valence-electron chi connectivity index (χ2n) is 3.41. The molecule has 0 aromatic rings. The second-order valence-corrected chi connectivity index (χ2v) is 3.41. The van der Waals surface area contributed by atoms with Crippen LogP contribution in [0, 0.1) is 0 Å². The zero-order valence-corrected chi connectivity index (χ0v) is 9.30. The van der Waals surface area contributed by atoms with E-state index >= 15 is 0 Å². The molecule has 0 spiro atoms. The lowest BCUT2D eigenvalue weighted by Gasteiger charge is -2.21. The predicted molar refractivity (Wildman–Crippen MR) is 55.0 cm³/mol. The molecule has 13 heavy (non-hydrogen) atoms. The van der Waals surface area contributed by atoms with E-state index in [-0.39, 0.29) is 0 Å². The summed E-state index contributed by atoms with van der Waals surface area (Å²) in [5.41, 5.74) is 0. The van der Waals surface area contributed by atoms with E-state index in [0.717, 1.165) is 26.1 Å². The lowest BCUT2D eigenvalue weighted by molar-refractivity contribution is 0.148. The highest BCUT2D eigenvalue weighted by molar-refractivity contribution is 4.69. The van der Waals surface area contributed by atoms with E-state index in [9.17, 15) is 0 Å². The lowest BCUT2D eigenvalue weighted by atomic mass is 10.2. The molecule has 0 aliphatic rings. The molecular weight excluding hydrogens is 166 g/mol. The first kappa shape index (κ1) is 12.9. The molecule has 3 nitrogen and oxygen atoms in total. The zero-order valence-electron chi connectivity index (χ0n) is 9.30. The van der Waals surface area contributed by atoms with Crippen LogP contribution >= 0.6 is 0 Å². The van der Waals surface area contributed by atoms with Crippen molar-refractivity contribution in [2.75, 3.05) is 27.4 Å². The summed E-state index contributed by atoms with van der Waals surface area (Å²) >= 11 is 0. The monoisotopic (exact) mass is 189 g/mol. The SMILES string of the molecule is CCC(COC)NC(C)CCOC. The van der Waals surface area contributed by atoms with E-state index in [1.54, 1.807) is 14.2 Å². The van der Waals surface area contributed by atoms with Crippen molar-refractivity contribution in [3.05, 3.63) is 0 Å². The average molecular weight is 189 g/mol. The molecule has 0 radical (unpaired) electrons. The van der Waals surface area contributed by atoms with Gasteiger partial charge < -0.3 is 14.8 Å². The topological polar surface area (TPSA) is 30.5 Å². The van der Waals surface area contributed by atoms with Gasteiger partial charge in [0.1, 0.15) is 0 Å². The summed E-state index contributed by atoms with van der Waals surface area (Å²) in [6.45, 7) is 5.95. The second kappa shape index (κ2) is 8.48. The third-order valence-electron chi connectivity index (χ3n) is 2.14. The first-order valence-electron chi connectivity index (χ1n) is 4.98. The summed E-state index contributed by atoms with van der Waals surface area (Å²) in [6.07, 6.45) is 2.15. The van der Waals surface area contributed by atoms with Gasteiger partial charge in [0, 0.05) is 32.9 Å². The van der Waals surface area contributed by atoms with Crippen LogP contribution in [0.4, 0.5) is 0 Å². The van der Waals surface area contributed by atoms with Gasteiger partial charge in [0.25, 0.3) is 0 Å². The minimum absolute atomic E-state index is 0.469. The van der Waals surface area contributed by atoms with Crippen LogP contribution in [0.2, 0.25) is 0 Å². The Morgan fingerprint density at radius 1 is 1.23 bits per heavy atom. The van der Waals surface area contributed by atoms with Crippen molar-refractivity contribution in [2.24, 2.45) is 0 Å². The smallest absolute Gasteiger partial charge is 0.0615 e. The largest absolute Gasteiger partial charge is 0.385 e. The van der Waals surface area contributed by atoms with Crippen LogP contribution in [-0.2, 0) is 9.47 Å². The van der Waals surface area contributed by atoms with Crippen LogP contribution in [0.3, 0.4) is 0 Å². The van der Waals surface area contributed by atoms with E-state index in [1.165, 1.54) is 0 Å². The van der Waals surface area contributed by atoms with Crippen molar-refractivity contribution < 1.29 is 9.47 Å². The molecule has 0 aromatic heterocycles. The minimum Gasteiger partial charge on any atom is -0.385 e. The molecule has 0 saturated carbocycles. The number of nitrogens with one attached hydrogen (secondary N) is 1. The quantitative estimate of drug-likeness (QED) is 0.626. The van der Waals surface area contributed by atoms with Crippen LogP contribution in [0.25, 0.3) is 0 Å². The van der Waals surface area contributed by atoms with Gasteiger partial charge in [-0.15, -0.1) is 0 Å². The van der Waals surface area contributed by atoms with Crippen LogP contribution in [0.5, 0.6) is 0 Å². The number of ether oxygens (including phenoxy) is 2. The van der Waals surface area contributed by atoms with Crippen molar-refractivity contribution in [1.82, 2.24) is 5.32 Å². The van der Waals surface area contributed by atoms with Crippen molar-refractivity contribution >= 4 is 0 Å². The maximum atomic E-state index is 5.11. The summed E-state index contributed by atoms with van der Waals surface area (Å²) in [7, 11) is 3.48. The number of rotatable bonds is 8. The fraction of sp³-hybridized carbons (Fsp3) is 1.00. The zero-order chi connectivity index (χ0) is 10.1. The molecule has 3 heteroatoms. The molecule has 0 saturated heterocycles. The highest BCUT2D eigenvalue weighted by Gasteiger charge is 2.09. The molecule has 2 unspecified atom stereocenters. The minimum atomic E-state index is 0.469. The van der Waals surface area contributed by atoms with Crippen molar-refractivity contribution in [1.29, 1.82) is 0 Å². The molecular formula is C10H23NO2. The van der Waals surface area contributed by atoms with Crippen LogP contribution in [0.1, 0.15) is 26.7 Å². The van der Waals surface area contributed by atoms with Gasteiger partial charge in [0.15, 0.2) is 0 Å². The Bertz CT molecular complexity index is 109. The van der Waals surface area contributed by atoms with E-state index in [0.29, 0.717) is 12.1 Å². The van der Waals surface area contributed by atoms with Gasteiger partial charge in [0.05, 0.1) is 6.61 Å². The molecule has 0 heterocycles. The predicted octanol–water partition coefficient (Wildman–Crippen LogP) is 1.43. The molecule has 0 aromatic carbocycles. The Balaban J connectivity index is 3.53. The molecule has 0 rings (SSSR count). The molecule has 0 aliphatic carbocycles. The standard InChI is InChI=1S/C10H23NO2/c1-5-10(8-13-4)11-9(2)6-7-12-3/h9-11H,5-8H2,1-4H3. The molecule has 0 bridgehead atoms. The lowest BCUT2D eigenvalue weighted by Crippen LogP contribution is -2.39. The normalized spacial score (nSPS) is 15.7. The summed E-state index contributed by atoms with van der Waals surface area (Å²) in [5.74, 6) is 0. The Labute approximate surface area is 81.8 Å². The third-order valence-corrected chi connectivity index (χ3v) is 2.14.